The van der Waals surface area contributed by atoms with Gasteiger partial charge in [0.1, 0.15) is 0 Å². The molecule has 0 saturated carbocycles. The fourth-order valence-electron chi connectivity index (χ4n) is 2.68. The van der Waals surface area contributed by atoms with Crippen LogP contribution in [0.3, 0.4) is 0 Å². The largest absolute Gasteiger partial charge is 0.370 e. The average molecular weight is 429 g/mol. The van der Waals surface area contributed by atoms with E-state index in [-0.39, 0.29) is 30.2 Å². The van der Waals surface area contributed by atoms with E-state index in [4.69, 9.17) is 5.73 Å². The minimum atomic E-state index is -0.292. The molecule has 0 radical (unpaired) electrons. The van der Waals surface area contributed by atoms with Gasteiger partial charge in [0.2, 0.25) is 11.8 Å². The zero-order valence-corrected chi connectivity index (χ0v) is 14.9. The number of halogens is 1. The molecule has 0 aromatic heterocycles. The van der Waals surface area contributed by atoms with Gasteiger partial charge in [0, 0.05) is 23.1 Å². The molecule has 0 unspecified atom stereocenters. The normalized spacial score (nSPS) is 15.3. The van der Waals surface area contributed by atoms with Crippen molar-refractivity contribution in [3.63, 3.8) is 0 Å². The Bertz CT molecular complexity index is 598. The van der Waals surface area contributed by atoms with Crippen molar-refractivity contribution < 1.29 is 14.4 Å². The van der Waals surface area contributed by atoms with Crippen LogP contribution in [0.15, 0.2) is 24.3 Å². The first kappa shape index (κ1) is 17.7. The highest BCUT2D eigenvalue weighted by Gasteiger charge is 2.24. The van der Waals surface area contributed by atoms with Crippen LogP contribution in [0.5, 0.6) is 0 Å². The number of nitrogens with two attached hydrogens (primary N) is 1. The van der Waals surface area contributed by atoms with Crippen LogP contribution < -0.4 is 11.1 Å². The van der Waals surface area contributed by atoms with Gasteiger partial charge in [0.05, 0.1) is 12.1 Å². The molecule has 1 heterocycles. The van der Waals surface area contributed by atoms with Gasteiger partial charge in [0.25, 0.3) is 5.91 Å². The number of rotatable bonds is 5. The molecule has 2 rings (SSSR count). The number of amides is 3. The predicted octanol–water partition coefficient (Wildman–Crippen LogP) is 1.13. The van der Waals surface area contributed by atoms with Crippen LogP contribution in [0.4, 0.5) is 0 Å². The first-order valence-electron chi connectivity index (χ1n) is 7.56. The molecule has 3 amide bonds. The van der Waals surface area contributed by atoms with E-state index in [9.17, 15) is 14.4 Å². The van der Waals surface area contributed by atoms with Crippen molar-refractivity contribution in [1.82, 2.24) is 10.2 Å². The van der Waals surface area contributed by atoms with Crippen molar-refractivity contribution in [2.24, 2.45) is 11.7 Å². The summed E-state index contributed by atoms with van der Waals surface area (Å²) in [6.07, 6.45) is 1.93. The third-order valence-electron chi connectivity index (χ3n) is 3.98. The Morgan fingerprint density at radius 2 is 1.87 bits per heavy atom. The van der Waals surface area contributed by atoms with Gasteiger partial charge in [-0.05, 0) is 53.5 Å². The zero-order chi connectivity index (χ0) is 16.8. The Morgan fingerprint density at radius 1 is 1.22 bits per heavy atom. The maximum absolute atomic E-state index is 12.2. The van der Waals surface area contributed by atoms with Crippen molar-refractivity contribution in [3.8, 4) is 0 Å². The number of nitrogens with zero attached hydrogens (tertiary/aromatic N) is 1. The van der Waals surface area contributed by atoms with E-state index >= 15 is 0 Å². The number of piperidine rings is 1. The maximum Gasteiger partial charge on any atom is 0.252 e. The fraction of sp³-hybridized carbons (Fsp3) is 0.438. The summed E-state index contributed by atoms with van der Waals surface area (Å²) in [4.78, 5) is 36.9. The lowest BCUT2D eigenvalue weighted by molar-refractivity contribution is -0.131. The second kappa shape index (κ2) is 8.28. The summed E-state index contributed by atoms with van der Waals surface area (Å²) in [5.41, 5.74) is 5.77. The summed E-state index contributed by atoms with van der Waals surface area (Å²) in [6.45, 7) is 1.20. The minimum Gasteiger partial charge on any atom is -0.370 e. The maximum atomic E-state index is 12.2. The van der Waals surface area contributed by atoms with Gasteiger partial charge < -0.3 is 16.0 Å². The molecule has 7 heteroatoms. The molecule has 1 aliphatic heterocycles. The minimum absolute atomic E-state index is 0.00963. The van der Waals surface area contributed by atoms with E-state index < -0.39 is 0 Å². The van der Waals surface area contributed by atoms with Crippen molar-refractivity contribution >= 4 is 40.3 Å². The van der Waals surface area contributed by atoms with E-state index in [1.165, 1.54) is 0 Å². The predicted molar refractivity (Wildman–Crippen MR) is 94.6 cm³/mol. The van der Waals surface area contributed by atoms with Crippen LogP contribution in [-0.2, 0) is 9.59 Å². The molecule has 1 aliphatic rings. The summed E-state index contributed by atoms with van der Waals surface area (Å²) in [5.74, 6) is -0.370. The summed E-state index contributed by atoms with van der Waals surface area (Å²) in [5, 5.41) is 2.67. The summed E-state index contributed by atoms with van der Waals surface area (Å²) < 4.78 is 0.849. The molecule has 0 atom stereocenters. The standard InChI is InChI=1S/C16H20IN3O3/c17-13-4-2-1-3-12(13)16(23)19-10-15(22)20-7-5-11(6-8-20)9-14(18)21/h1-4,11H,5-10H2,(H2,18,21)(H,19,23). The Morgan fingerprint density at radius 3 is 2.48 bits per heavy atom. The van der Waals surface area contributed by atoms with Gasteiger partial charge in [0.15, 0.2) is 0 Å². The van der Waals surface area contributed by atoms with Crippen molar-refractivity contribution in [2.45, 2.75) is 19.3 Å². The Hall–Kier alpha value is -1.64. The molecule has 3 N–H and O–H groups in total. The third kappa shape index (κ3) is 5.19. The number of benzene rings is 1. The molecule has 6 nitrogen and oxygen atoms in total. The SMILES string of the molecule is NC(=O)CC1CCN(C(=O)CNC(=O)c2ccccc2I)CC1. The Balaban J connectivity index is 1.79. The summed E-state index contributed by atoms with van der Waals surface area (Å²) in [7, 11) is 0. The number of hydrogen-bond donors (Lipinski definition) is 2. The van der Waals surface area contributed by atoms with E-state index in [1.807, 2.05) is 12.1 Å². The van der Waals surface area contributed by atoms with Gasteiger partial charge in [-0.2, -0.15) is 0 Å². The molecule has 0 aliphatic carbocycles. The van der Waals surface area contributed by atoms with Crippen LogP contribution in [0.2, 0.25) is 0 Å². The molecule has 0 spiro atoms. The molecule has 1 aromatic rings. The van der Waals surface area contributed by atoms with E-state index in [0.717, 1.165) is 16.4 Å². The van der Waals surface area contributed by atoms with Crippen LogP contribution in [0.1, 0.15) is 29.6 Å². The molecule has 124 valence electrons. The highest BCUT2D eigenvalue weighted by Crippen LogP contribution is 2.20. The quantitative estimate of drug-likeness (QED) is 0.688. The lowest BCUT2D eigenvalue weighted by atomic mass is 9.93. The second-order valence-corrected chi connectivity index (χ2v) is 6.82. The van der Waals surface area contributed by atoms with E-state index in [1.54, 1.807) is 17.0 Å². The van der Waals surface area contributed by atoms with Crippen molar-refractivity contribution in [1.29, 1.82) is 0 Å². The van der Waals surface area contributed by atoms with Crippen molar-refractivity contribution in [3.05, 3.63) is 33.4 Å². The molecule has 0 bridgehead atoms. The monoisotopic (exact) mass is 429 g/mol. The number of carbonyl (C=O) groups is 3. The molecular weight excluding hydrogens is 409 g/mol. The van der Waals surface area contributed by atoms with Crippen LogP contribution in [0, 0.1) is 9.49 Å². The molecule has 1 aromatic carbocycles. The first-order chi connectivity index (χ1) is 11.0. The zero-order valence-electron chi connectivity index (χ0n) is 12.8. The number of nitrogens with one attached hydrogen (secondary N) is 1. The third-order valence-corrected chi connectivity index (χ3v) is 4.92. The fourth-order valence-corrected chi connectivity index (χ4v) is 3.31. The highest BCUT2D eigenvalue weighted by atomic mass is 127. The smallest absolute Gasteiger partial charge is 0.252 e. The van der Waals surface area contributed by atoms with Gasteiger partial charge in [-0.15, -0.1) is 0 Å². The van der Waals surface area contributed by atoms with Crippen molar-refractivity contribution in [2.75, 3.05) is 19.6 Å². The highest BCUT2D eigenvalue weighted by molar-refractivity contribution is 14.1. The van der Waals surface area contributed by atoms with Crippen LogP contribution in [0.25, 0.3) is 0 Å². The topological polar surface area (TPSA) is 92.5 Å². The van der Waals surface area contributed by atoms with E-state index in [0.29, 0.717) is 25.1 Å². The second-order valence-electron chi connectivity index (χ2n) is 5.66. The molecular formula is C16H20IN3O3. The van der Waals surface area contributed by atoms with Gasteiger partial charge in [-0.25, -0.2) is 0 Å². The summed E-state index contributed by atoms with van der Waals surface area (Å²) >= 11 is 2.09. The van der Waals surface area contributed by atoms with Gasteiger partial charge >= 0.3 is 0 Å². The number of hydrogen-bond acceptors (Lipinski definition) is 3. The lowest BCUT2D eigenvalue weighted by Crippen LogP contribution is -2.44. The average Bonchev–Trinajstić information content (AvgIpc) is 2.53. The van der Waals surface area contributed by atoms with Gasteiger partial charge in [-0.3, -0.25) is 14.4 Å². The van der Waals surface area contributed by atoms with Crippen LogP contribution in [-0.4, -0.2) is 42.3 Å². The molecule has 23 heavy (non-hydrogen) atoms. The lowest BCUT2D eigenvalue weighted by Gasteiger charge is -2.31. The number of carbonyl (C=O) groups excluding carboxylic acids is 3. The summed E-state index contributed by atoms with van der Waals surface area (Å²) in [6, 6.07) is 7.24. The molecule has 1 fully saturated rings. The Labute approximate surface area is 148 Å². The molecule has 1 saturated heterocycles. The van der Waals surface area contributed by atoms with E-state index in [2.05, 4.69) is 27.9 Å². The number of likely N-dealkylation sites (tertiary alicyclic amines) is 1. The first-order valence-corrected chi connectivity index (χ1v) is 8.64. The van der Waals surface area contributed by atoms with Crippen LogP contribution >= 0.6 is 22.6 Å². The Kier molecular flexibility index (Phi) is 6.37. The van der Waals surface area contributed by atoms with Gasteiger partial charge in [-0.1, -0.05) is 12.1 Å². The number of primary amides is 1.